The van der Waals surface area contributed by atoms with Gasteiger partial charge in [0.2, 0.25) is 10.0 Å². The van der Waals surface area contributed by atoms with Crippen LogP contribution in [0.2, 0.25) is 0 Å². The molecule has 1 aromatic heterocycles. The number of sulfonamides is 1. The van der Waals surface area contributed by atoms with E-state index in [1.807, 2.05) is 25.1 Å². The number of hydrogen-bond donors (Lipinski definition) is 1. The van der Waals surface area contributed by atoms with Gasteiger partial charge in [0.1, 0.15) is 17.3 Å². The highest BCUT2D eigenvalue weighted by Crippen LogP contribution is 2.31. The zero-order valence-electron chi connectivity index (χ0n) is 18.3. The Morgan fingerprint density at radius 3 is 2.48 bits per heavy atom. The maximum atomic E-state index is 12.8. The number of rotatable bonds is 10. The normalized spacial score (nSPS) is 16.0. The Morgan fingerprint density at radius 2 is 1.84 bits per heavy atom. The van der Waals surface area contributed by atoms with Gasteiger partial charge < -0.3 is 19.5 Å². The quantitative estimate of drug-likeness (QED) is 0.556. The maximum Gasteiger partial charge on any atom is 0.244 e. The van der Waals surface area contributed by atoms with Gasteiger partial charge >= 0.3 is 0 Å². The number of aromatic nitrogens is 1. The SMILES string of the molecule is COCCOc1ccc(C(C)Nc2ccc(S(=O)(=O)N3CCCCC3)cn2)cc1OC. The number of piperidine rings is 1. The van der Waals surface area contributed by atoms with Gasteiger partial charge in [0.05, 0.1) is 19.8 Å². The van der Waals surface area contributed by atoms with Crippen LogP contribution >= 0.6 is 0 Å². The van der Waals surface area contributed by atoms with Gasteiger partial charge in [-0.1, -0.05) is 12.5 Å². The topological polar surface area (TPSA) is 90.0 Å². The zero-order chi connectivity index (χ0) is 22.3. The molecule has 0 amide bonds. The van der Waals surface area contributed by atoms with Crippen LogP contribution in [0.1, 0.15) is 37.8 Å². The molecule has 1 aliphatic heterocycles. The lowest BCUT2D eigenvalue weighted by Crippen LogP contribution is -2.35. The number of benzene rings is 1. The molecule has 2 heterocycles. The molecular weight excluding hydrogens is 418 g/mol. The molecule has 1 aromatic carbocycles. The van der Waals surface area contributed by atoms with Crippen molar-refractivity contribution in [3.8, 4) is 11.5 Å². The van der Waals surface area contributed by atoms with E-state index in [2.05, 4.69) is 10.3 Å². The van der Waals surface area contributed by atoms with Crippen molar-refractivity contribution in [3.05, 3.63) is 42.1 Å². The van der Waals surface area contributed by atoms with Crippen molar-refractivity contribution in [2.45, 2.75) is 37.1 Å². The Balaban J connectivity index is 1.67. The number of nitrogens with zero attached hydrogens (tertiary/aromatic N) is 2. The predicted octanol–water partition coefficient (Wildman–Crippen LogP) is 3.46. The lowest BCUT2D eigenvalue weighted by Gasteiger charge is -2.25. The minimum absolute atomic E-state index is 0.0704. The number of nitrogens with one attached hydrogen (secondary N) is 1. The maximum absolute atomic E-state index is 12.8. The molecular formula is C22H31N3O5S. The Hall–Kier alpha value is -2.36. The fourth-order valence-corrected chi connectivity index (χ4v) is 4.95. The first kappa shape index (κ1) is 23.3. The van der Waals surface area contributed by atoms with Crippen LogP contribution in [-0.2, 0) is 14.8 Å². The van der Waals surface area contributed by atoms with E-state index in [1.54, 1.807) is 30.7 Å². The fourth-order valence-electron chi connectivity index (χ4n) is 3.49. The monoisotopic (exact) mass is 449 g/mol. The minimum atomic E-state index is -3.48. The molecule has 170 valence electrons. The van der Waals surface area contributed by atoms with Crippen molar-refractivity contribution in [2.24, 2.45) is 0 Å². The first-order valence-electron chi connectivity index (χ1n) is 10.5. The summed E-state index contributed by atoms with van der Waals surface area (Å²) in [4.78, 5) is 4.56. The van der Waals surface area contributed by atoms with E-state index in [1.165, 1.54) is 6.20 Å². The second-order valence-corrected chi connectivity index (χ2v) is 9.40. The molecule has 1 saturated heterocycles. The van der Waals surface area contributed by atoms with Crippen molar-refractivity contribution in [1.82, 2.24) is 9.29 Å². The van der Waals surface area contributed by atoms with Crippen molar-refractivity contribution in [2.75, 3.05) is 45.8 Å². The average molecular weight is 450 g/mol. The van der Waals surface area contributed by atoms with Gasteiger partial charge in [-0.25, -0.2) is 13.4 Å². The van der Waals surface area contributed by atoms with Gasteiger partial charge in [-0.3, -0.25) is 0 Å². The largest absolute Gasteiger partial charge is 0.493 e. The summed E-state index contributed by atoms with van der Waals surface area (Å²) in [6.07, 6.45) is 4.31. The first-order valence-corrected chi connectivity index (χ1v) is 11.9. The molecule has 0 spiro atoms. The molecule has 31 heavy (non-hydrogen) atoms. The molecule has 0 saturated carbocycles. The van der Waals surface area contributed by atoms with Crippen LogP contribution in [0.5, 0.6) is 11.5 Å². The summed E-state index contributed by atoms with van der Waals surface area (Å²) in [6.45, 7) is 4.09. The molecule has 0 radical (unpaired) electrons. The Morgan fingerprint density at radius 1 is 1.06 bits per heavy atom. The highest BCUT2D eigenvalue weighted by molar-refractivity contribution is 7.89. The molecule has 9 heteroatoms. The van der Waals surface area contributed by atoms with Gasteiger partial charge in [0.25, 0.3) is 0 Å². The van der Waals surface area contributed by atoms with Gasteiger partial charge in [0.15, 0.2) is 11.5 Å². The summed E-state index contributed by atoms with van der Waals surface area (Å²) < 4.78 is 43.2. The summed E-state index contributed by atoms with van der Waals surface area (Å²) in [5.41, 5.74) is 0.989. The third-order valence-electron chi connectivity index (χ3n) is 5.29. The van der Waals surface area contributed by atoms with E-state index >= 15 is 0 Å². The zero-order valence-corrected chi connectivity index (χ0v) is 19.2. The molecule has 1 fully saturated rings. The Labute approximate surface area is 184 Å². The number of methoxy groups -OCH3 is 2. The first-order chi connectivity index (χ1) is 15.0. The molecule has 8 nitrogen and oxygen atoms in total. The fraction of sp³-hybridized carbons (Fsp3) is 0.500. The third kappa shape index (κ3) is 5.87. The van der Waals surface area contributed by atoms with Crippen LogP contribution in [0.4, 0.5) is 5.82 Å². The van der Waals surface area contributed by atoms with Gasteiger partial charge in [0, 0.05) is 26.4 Å². The predicted molar refractivity (Wildman–Crippen MR) is 119 cm³/mol. The van der Waals surface area contributed by atoms with Crippen molar-refractivity contribution in [3.63, 3.8) is 0 Å². The molecule has 3 rings (SSSR count). The molecule has 0 aliphatic carbocycles. The second-order valence-electron chi connectivity index (χ2n) is 7.46. The number of ether oxygens (including phenoxy) is 3. The van der Waals surface area contributed by atoms with E-state index in [4.69, 9.17) is 14.2 Å². The van der Waals surface area contributed by atoms with E-state index in [0.29, 0.717) is 43.6 Å². The molecule has 1 N–H and O–H groups in total. The number of pyridine rings is 1. The van der Waals surface area contributed by atoms with Crippen molar-refractivity contribution < 1.29 is 22.6 Å². The van der Waals surface area contributed by atoms with E-state index in [-0.39, 0.29) is 10.9 Å². The molecule has 1 aliphatic rings. The summed E-state index contributed by atoms with van der Waals surface area (Å²) in [5, 5.41) is 3.30. The van der Waals surface area contributed by atoms with Gasteiger partial charge in [-0.15, -0.1) is 0 Å². The summed E-state index contributed by atoms with van der Waals surface area (Å²) >= 11 is 0. The van der Waals surface area contributed by atoms with E-state index < -0.39 is 10.0 Å². The Kier molecular flexibility index (Phi) is 8.11. The second kappa shape index (κ2) is 10.8. The highest BCUT2D eigenvalue weighted by Gasteiger charge is 2.26. The van der Waals surface area contributed by atoms with Crippen LogP contribution in [0.25, 0.3) is 0 Å². The standard InChI is InChI=1S/C22H31N3O5S/c1-17(18-7-9-20(21(15-18)29-3)30-14-13-28-2)24-22-10-8-19(16-23-22)31(26,27)25-11-5-4-6-12-25/h7-10,15-17H,4-6,11-14H2,1-3H3,(H,23,24). The molecule has 1 atom stereocenters. The molecule has 2 aromatic rings. The summed E-state index contributed by atoms with van der Waals surface area (Å²) in [7, 11) is -0.253. The van der Waals surface area contributed by atoms with Crippen molar-refractivity contribution in [1.29, 1.82) is 0 Å². The minimum Gasteiger partial charge on any atom is -0.493 e. The van der Waals surface area contributed by atoms with E-state index in [0.717, 1.165) is 24.8 Å². The summed E-state index contributed by atoms with van der Waals surface area (Å²) in [5.74, 6) is 1.89. The lowest BCUT2D eigenvalue weighted by atomic mass is 10.1. The lowest BCUT2D eigenvalue weighted by molar-refractivity contribution is 0.144. The van der Waals surface area contributed by atoms with Crippen LogP contribution in [0.3, 0.4) is 0 Å². The van der Waals surface area contributed by atoms with E-state index in [9.17, 15) is 8.42 Å². The van der Waals surface area contributed by atoms with Crippen LogP contribution in [0, 0.1) is 0 Å². The third-order valence-corrected chi connectivity index (χ3v) is 7.17. The molecule has 0 bridgehead atoms. The smallest absolute Gasteiger partial charge is 0.244 e. The van der Waals surface area contributed by atoms with Crippen molar-refractivity contribution >= 4 is 15.8 Å². The van der Waals surface area contributed by atoms with Gasteiger partial charge in [-0.05, 0) is 49.6 Å². The van der Waals surface area contributed by atoms with Gasteiger partial charge in [-0.2, -0.15) is 4.31 Å². The Bertz CT molecular complexity index is 944. The highest BCUT2D eigenvalue weighted by atomic mass is 32.2. The van der Waals surface area contributed by atoms with Crippen LogP contribution in [0.15, 0.2) is 41.4 Å². The number of anilines is 1. The van der Waals surface area contributed by atoms with Crippen LogP contribution < -0.4 is 14.8 Å². The average Bonchev–Trinajstić information content (AvgIpc) is 2.80. The number of hydrogen-bond acceptors (Lipinski definition) is 7. The molecule has 1 unspecified atom stereocenters. The van der Waals surface area contributed by atoms with Crippen LogP contribution in [-0.4, -0.2) is 58.2 Å². The summed E-state index contributed by atoms with van der Waals surface area (Å²) in [6, 6.07) is 8.97.